The molecular formula is C13H13N5O. The Morgan fingerprint density at radius 3 is 2.84 bits per heavy atom. The number of rotatable bonds is 2. The first-order chi connectivity index (χ1) is 9.24. The molecule has 0 bridgehead atoms. The van der Waals surface area contributed by atoms with Crippen LogP contribution in [0.3, 0.4) is 0 Å². The molecule has 1 saturated carbocycles. The van der Waals surface area contributed by atoms with E-state index in [1.54, 1.807) is 0 Å². The largest absolute Gasteiger partial charge is 0.379 e. The molecule has 2 heterocycles. The summed E-state index contributed by atoms with van der Waals surface area (Å²) in [6.07, 6.45) is 2.33. The lowest BCUT2D eigenvalue weighted by Gasteiger charge is -2.05. The number of fused-ring (bicyclic) bond motifs is 1. The third-order valence-corrected chi connectivity index (χ3v) is 3.48. The van der Waals surface area contributed by atoms with Gasteiger partial charge in [-0.25, -0.2) is 9.61 Å². The van der Waals surface area contributed by atoms with Gasteiger partial charge in [-0.3, -0.25) is 0 Å². The summed E-state index contributed by atoms with van der Waals surface area (Å²) in [6, 6.07) is 6.75. The predicted molar refractivity (Wildman–Crippen MR) is 70.4 cm³/mol. The van der Waals surface area contributed by atoms with Crippen molar-refractivity contribution < 1.29 is 4.63 Å². The molecule has 1 aliphatic carbocycles. The number of hydrogen-bond acceptors (Lipinski definition) is 5. The van der Waals surface area contributed by atoms with E-state index in [4.69, 9.17) is 10.4 Å². The van der Waals surface area contributed by atoms with Gasteiger partial charge in [-0.15, -0.1) is 0 Å². The van der Waals surface area contributed by atoms with Gasteiger partial charge in [0.1, 0.15) is 0 Å². The van der Waals surface area contributed by atoms with E-state index in [2.05, 4.69) is 45.0 Å². The van der Waals surface area contributed by atoms with Crippen molar-refractivity contribution in [1.29, 1.82) is 0 Å². The maximum atomic E-state index is 5.79. The van der Waals surface area contributed by atoms with E-state index in [9.17, 15) is 0 Å². The van der Waals surface area contributed by atoms with Crippen LogP contribution >= 0.6 is 0 Å². The van der Waals surface area contributed by atoms with Crippen molar-refractivity contribution in [1.82, 2.24) is 19.9 Å². The number of anilines is 1. The summed E-state index contributed by atoms with van der Waals surface area (Å²) in [7, 11) is 0. The number of imidazole rings is 1. The monoisotopic (exact) mass is 255 g/mol. The van der Waals surface area contributed by atoms with Crippen molar-refractivity contribution in [2.75, 3.05) is 5.73 Å². The molecule has 0 spiro atoms. The Kier molecular flexibility index (Phi) is 1.98. The number of nitrogen functional groups attached to an aromatic ring is 1. The van der Waals surface area contributed by atoms with Gasteiger partial charge < -0.3 is 10.3 Å². The summed E-state index contributed by atoms with van der Waals surface area (Å²) in [5, 5.41) is 7.52. The standard InChI is InChI=1S/C13H13N5O/c1-7-2-5-10-9(6-7)15-13(18(10)8-3-4-8)11-12(14)17-19-16-11/h2,5-6,8H,3-4H2,1H3,(H2,14,17). The van der Waals surface area contributed by atoms with Gasteiger partial charge in [-0.1, -0.05) is 6.07 Å². The molecule has 3 aromatic rings. The van der Waals surface area contributed by atoms with Crippen molar-refractivity contribution in [3.05, 3.63) is 23.8 Å². The van der Waals surface area contributed by atoms with Crippen molar-refractivity contribution in [3.8, 4) is 11.5 Å². The molecule has 0 aliphatic heterocycles. The van der Waals surface area contributed by atoms with Gasteiger partial charge >= 0.3 is 0 Å². The highest BCUT2D eigenvalue weighted by Crippen LogP contribution is 2.41. The van der Waals surface area contributed by atoms with Crippen LogP contribution in [0.25, 0.3) is 22.6 Å². The van der Waals surface area contributed by atoms with Crippen LogP contribution in [-0.4, -0.2) is 19.9 Å². The average Bonchev–Trinajstić information content (AvgIpc) is 3.03. The average molecular weight is 255 g/mol. The molecule has 6 heteroatoms. The first-order valence-electron chi connectivity index (χ1n) is 6.31. The Hall–Kier alpha value is -2.37. The van der Waals surface area contributed by atoms with E-state index in [0.29, 0.717) is 11.7 Å². The molecule has 1 aromatic carbocycles. The SMILES string of the molecule is Cc1ccc2c(c1)nc(-c1nonc1N)n2C1CC1. The number of hydrogen-bond donors (Lipinski definition) is 1. The highest BCUT2D eigenvalue weighted by molar-refractivity contribution is 5.82. The van der Waals surface area contributed by atoms with Crippen LogP contribution in [-0.2, 0) is 0 Å². The van der Waals surface area contributed by atoms with Crippen LogP contribution in [0.4, 0.5) is 5.82 Å². The molecule has 6 nitrogen and oxygen atoms in total. The Balaban J connectivity index is 2.04. The molecular weight excluding hydrogens is 242 g/mol. The van der Waals surface area contributed by atoms with Crippen molar-refractivity contribution >= 4 is 16.9 Å². The number of aryl methyl sites for hydroxylation is 1. The summed E-state index contributed by atoms with van der Waals surface area (Å²) < 4.78 is 6.90. The van der Waals surface area contributed by atoms with E-state index in [1.807, 2.05) is 0 Å². The minimum atomic E-state index is 0.286. The van der Waals surface area contributed by atoms with E-state index < -0.39 is 0 Å². The summed E-state index contributed by atoms with van der Waals surface area (Å²) in [6.45, 7) is 2.06. The normalized spacial score (nSPS) is 15.2. The minimum Gasteiger partial charge on any atom is -0.379 e. The van der Waals surface area contributed by atoms with Crippen molar-refractivity contribution in [2.24, 2.45) is 0 Å². The summed E-state index contributed by atoms with van der Waals surface area (Å²) >= 11 is 0. The number of aromatic nitrogens is 4. The quantitative estimate of drug-likeness (QED) is 0.759. The molecule has 0 unspecified atom stereocenters. The zero-order valence-corrected chi connectivity index (χ0v) is 10.5. The Morgan fingerprint density at radius 2 is 2.16 bits per heavy atom. The molecule has 0 atom stereocenters. The molecule has 19 heavy (non-hydrogen) atoms. The molecule has 1 fully saturated rings. The zero-order chi connectivity index (χ0) is 13.0. The second-order valence-electron chi connectivity index (χ2n) is 5.03. The van der Waals surface area contributed by atoms with Gasteiger partial charge in [0.25, 0.3) is 0 Å². The maximum absolute atomic E-state index is 5.79. The second-order valence-corrected chi connectivity index (χ2v) is 5.03. The molecule has 96 valence electrons. The van der Waals surface area contributed by atoms with Crippen molar-refractivity contribution in [3.63, 3.8) is 0 Å². The van der Waals surface area contributed by atoms with Gasteiger partial charge in [-0.05, 0) is 47.8 Å². The fourth-order valence-corrected chi connectivity index (χ4v) is 2.43. The molecule has 2 N–H and O–H groups in total. The van der Waals surface area contributed by atoms with Crippen molar-refractivity contribution in [2.45, 2.75) is 25.8 Å². The number of nitrogens with two attached hydrogens (primary N) is 1. The lowest BCUT2D eigenvalue weighted by Crippen LogP contribution is -1.99. The summed E-state index contributed by atoms with van der Waals surface area (Å²) in [5.41, 5.74) is 9.59. The van der Waals surface area contributed by atoms with Gasteiger partial charge in [0.05, 0.1) is 11.0 Å². The molecule has 2 aromatic heterocycles. The van der Waals surface area contributed by atoms with E-state index >= 15 is 0 Å². The zero-order valence-electron chi connectivity index (χ0n) is 10.5. The van der Waals surface area contributed by atoms with Crippen LogP contribution in [0.5, 0.6) is 0 Å². The molecule has 0 saturated heterocycles. The smallest absolute Gasteiger partial charge is 0.199 e. The van der Waals surface area contributed by atoms with Crippen LogP contribution in [0.1, 0.15) is 24.4 Å². The van der Waals surface area contributed by atoms with Gasteiger partial charge in [0.15, 0.2) is 17.3 Å². The number of benzene rings is 1. The van der Waals surface area contributed by atoms with Crippen LogP contribution in [0.2, 0.25) is 0 Å². The lowest BCUT2D eigenvalue weighted by atomic mass is 10.2. The topological polar surface area (TPSA) is 82.8 Å². The van der Waals surface area contributed by atoms with E-state index in [1.165, 1.54) is 5.56 Å². The Morgan fingerprint density at radius 1 is 1.32 bits per heavy atom. The summed E-state index contributed by atoms with van der Waals surface area (Å²) in [4.78, 5) is 4.66. The fourth-order valence-electron chi connectivity index (χ4n) is 2.43. The van der Waals surface area contributed by atoms with Crippen LogP contribution < -0.4 is 5.73 Å². The molecule has 0 amide bonds. The first kappa shape index (κ1) is 10.5. The number of nitrogens with zero attached hydrogens (tertiary/aromatic N) is 4. The third kappa shape index (κ3) is 1.53. The van der Waals surface area contributed by atoms with E-state index in [0.717, 1.165) is 29.7 Å². The first-order valence-corrected chi connectivity index (χ1v) is 6.31. The highest BCUT2D eigenvalue weighted by Gasteiger charge is 2.30. The van der Waals surface area contributed by atoms with Crippen LogP contribution in [0, 0.1) is 6.92 Å². The second kappa shape index (κ2) is 3.57. The van der Waals surface area contributed by atoms with Gasteiger partial charge in [-0.2, -0.15) is 0 Å². The Labute approximate surface area is 109 Å². The molecule has 0 radical (unpaired) electrons. The van der Waals surface area contributed by atoms with Gasteiger partial charge in [0, 0.05) is 6.04 Å². The Bertz CT molecular complexity index is 769. The fraction of sp³-hybridized carbons (Fsp3) is 0.308. The molecule has 4 rings (SSSR count). The van der Waals surface area contributed by atoms with E-state index in [-0.39, 0.29) is 5.82 Å². The lowest BCUT2D eigenvalue weighted by molar-refractivity contribution is 0.310. The highest BCUT2D eigenvalue weighted by atomic mass is 16.6. The molecule has 1 aliphatic rings. The van der Waals surface area contributed by atoms with Gasteiger partial charge in [0.2, 0.25) is 0 Å². The predicted octanol–water partition coefficient (Wildman–Crippen LogP) is 2.31. The summed E-state index contributed by atoms with van der Waals surface area (Å²) in [5.74, 6) is 1.04. The third-order valence-electron chi connectivity index (χ3n) is 3.48. The van der Waals surface area contributed by atoms with Crippen LogP contribution in [0.15, 0.2) is 22.8 Å². The maximum Gasteiger partial charge on any atom is 0.199 e. The minimum absolute atomic E-state index is 0.286.